The van der Waals surface area contributed by atoms with Gasteiger partial charge in [0.15, 0.2) is 0 Å². The fraction of sp³-hybridized carbons (Fsp3) is 0.353. The second kappa shape index (κ2) is 6.95. The van der Waals surface area contributed by atoms with Crippen LogP contribution in [0, 0.1) is 19.8 Å². The number of rotatable bonds is 1. The molecule has 1 heteroatoms. The molecule has 2 aromatic rings. The van der Waals surface area contributed by atoms with Gasteiger partial charge in [0.1, 0.15) is 0 Å². The lowest BCUT2D eigenvalue weighted by Gasteiger charge is -2.02. The van der Waals surface area contributed by atoms with Gasteiger partial charge in [0.05, 0.1) is 0 Å². The molecule has 0 bridgehead atoms. The maximum absolute atomic E-state index is 4.18. The molecule has 0 aliphatic rings. The van der Waals surface area contributed by atoms with Crippen LogP contribution >= 0.6 is 0 Å². The van der Waals surface area contributed by atoms with Crippen molar-refractivity contribution in [2.75, 3.05) is 0 Å². The molecule has 1 aromatic carbocycles. The van der Waals surface area contributed by atoms with Crippen LogP contribution in [0.4, 0.5) is 0 Å². The van der Waals surface area contributed by atoms with Crippen molar-refractivity contribution in [3.63, 3.8) is 0 Å². The number of benzene rings is 1. The maximum atomic E-state index is 4.18. The molecular weight excluding hydrogens is 218 g/mol. The SMILES string of the molecule is CC(C)C.Cc1ccc(-c2ccnc(C)c2)cc1. The zero-order chi connectivity index (χ0) is 13.5. The minimum atomic E-state index is 0.833. The van der Waals surface area contributed by atoms with Crippen LogP contribution in [0.1, 0.15) is 32.0 Å². The number of hydrogen-bond acceptors (Lipinski definition) is 1. The van der Waals surface area contributed by atoms with Gasteiger partial charge < -0.3 is 0 Å². The van der Waals surface area contributed by atoms with E-state index in [4.69, 9.17) is 0 Å². The van der Waals surface area contributed by atoms with Gasteiger partial charge >= 0.3 is 0 Å². The highest BCUT2D eigenvalue weighted by Gasteiger charge is 1.96. The molecule has 96 valence electrons. The summed E-state index contributed by atoms with van der Waals surface area (Å²) in [5, 5.41) is 0. The van der Waals surface area contributed by atoms with Gasteiger partial charge in [0, 0.05) is 11.9 Å². The van der Waals surface area contributed by atoms with Gasteiger partial charge in [0.2, 0.25) is 0 Å². The molecule has 18 heavy (non-hydrogen) atoms. The van der Waals surface area contributed by atoms with Crippen molar-refractivity contribution in [1.29, 1.82) is 0 Å². The van der Waals surface area contributed by atoms with Gasteiger partial charge in [-0.1, -0.05) is 50.6 Å². The minimum Gasteiger partial charge on any atom is -0.262 e. The number of aromatic nitrogens is 1. The van der Waals surface area contributed by atoms with Crippen molar-refractivity contribution < 1.29 is 0 Å². The molecule has 0 unspecified atom stereocenters. The molecule has 0 N–H and O–H groups in total. The van der Waals surface area contributed by atoms with Gasteiger partial charge in [0.25, 0.3) is 0 Å². The molecule has 0 saturated heterocycles. The highest BCUT2D eigenvalue weighted by Crippen LogP contribution is 2.19. The van der Waals surface area contributed by atoms with E-state index in [-0.39, 0.29) is 0 Å². The molecule has 1 nitrogen and oxygen atoms in total. The molecule has 0 spiro atoms. The van der Waals surface area contributed by atoms with Gasteiger partial charge in [-0.25, -0.2) is 0 Å². The second-order valence-corrected chi connectivity index (χ2v) is 5.28. The predicted molar refractivity (Wildman–Crippen MR) is 79.7 cm³/mol. The lowest BCUT2D eigenvalue weighted by molar-refractivity contribution is 0.737. The van der Waals surface area contributed by atoms with E-state index >= 15 is 0 Å². The molecular formula is C17H23N. The first-order valence-corrected chi connectivity index (χ1v) is 6.48. The summed E-state index contributed by atoms with van der Waals surface area (Å²) >= 11 is 0. The number of aryl methyl sites for hydroxylation is 2. The Labute approximate surface area is 111 Å². The van der Waals surface area contributed by atoms with Crippen molar-refractivity contribution in [1.82, 2.24) is 4.98 Å². The van der Waals surface area contributed by atoms with Gasteiger partial charge in [-0.05, 0) is 43.0 Å². The monoisotopic (exact) mass is 241 g/mol. The fourth-order valence-electron chi connectivity index (χ4n) is 1.47. The van der Waals surface area contributed by atoms with Crippen LogP contribution in [0.5, 0.6) is 0 Å². The molecule has 0 atom stereocenters. The van der Waals surface area contributed by atoms with Gasteiger partial charge in [-0.3, -0.25) is 4.98 Å². The van der Waals surface area contributed by atoms with Crippen molar-refractivity contribution >= 4 is 0 Å². The summed E-state index contributed by atoms with van der Waals surface area (Å²) in [6.45, 7) is 10.6. The molecule has 0 aliphatic heterocycles. The summed E-state index contributed by atoms with van der Waals surface area (Å²) in [5.74, 6) is 0.833. The van der Waals surface area contributed by atoms with Crippen molar-refractivity contribution in [3.05, 3.63) is 53.9 Å². The average molecular weight is 241 g/mol. The first-order valence-electron chi connectivity index (χ1n) is 6.48. The van der Waals surface area contributed by atoms with E-state index in [2.05, 4.69) is 63.0 Å². The third-order valence-electron chi connectivity index (χ3n) is 2.28. The van der Waals surface area contributed by atoms with Crippen LogP contribution in [0.3, 0.4) is 0 Å². The van der Waals surface area contributed by atoms with E-state index < -0.39 is 0 Å². The molecule has 0 aliphatic carbocycles. The largest absolute Gasteiger partial charge is 0.262 e. The highest BCUT2D eigenvalue weighted by molar-refractivity contribution is 5.63. The predicted octanol–water partition coefficient (Wildman–Crippen LogP) is 5.03. The third-order valence-corrected chi connectivity index (χ3v) is 2.28. The topological polar surface area (TPSA) is 12.9 Å². The summed E-state index contributed by atoms with van der Waals surface area (Å²) in [5.41, 5.74) is 4.83. The van der Waals surface area contributed by atoms with Crippen LogP contribution in [0.15, 0.2) is 42.6 Å². The minimum absolute atomic E-state index is 0.833. The maximum Gasteiger partial charge on any atom is 0.0378 e. The Morgan fingerprint density at radius 3 is 1.89 bits per heavy atom. The Balaban J connectivity index is 0.000000357. The van der Waals surface area contributed by atoms with Crippen molar-refractivity contribution in [3.8, 4) is 11.1 Å². The number of pyridine rings is 1. The molecule has 1 aromatic heterocycles. The van der Waals surface area contributed by atoms with E-state index in [0.29, 0.717) is 0 Å². The second-order valence-electron chi connectivity index (χ2n) is 5.28. The van der Waals surface area contributed by atoms with Crippen LogP contribution in [-0.4, -0.2) is 4.98 Å². The fourth-order valence-corrected chi connectivity index (χ4v) is 1.47. The number of nitrogens with zero attached hydrogens (tertiary/aromatic N) is 1. The van der Waals surface area contributed by atoms with Crippen molar-refractivity contribution in [2.24, 2.45) is 5.92 Å². The van der Waals surface area contributed by atoms with E-state index in [1.54, 1.807) is 0 Å². The van der Waals surface area contributed by atoms with E-state index in [9.17, 15) is 0 Å². The van der Waals surface area contributed by atoms with Crippen LogP contribution < -0.4 is 0 Å². The van der Waals surface area contributed by atoms with Crippen LogP contribution in [-0.2, 0) is 0 Å². The molecule has 0 fully saturated rings. The van der Waals surface area contributed by atoms with E-state index in [1.165, 1.54) is 16.7 Å². The van der Waals surface area contributed by atoms with Gasteiger partial charge in [-0.15, -0.1) is 0 Å². The Bertz CT molecular complexity index is 466. The highest BCUT2D eigenvalue weighted by atomic mass is 14.6. The molecule has 0 radical (unpaired) electrons. The lowest BCUT2D eigenvalue weighted by atomic mass is 10.1. The quantitative estimate of drug-likeness (QED) is 0.682. The molecule has 2 rings (SSSR count). The molecule has 1 heterocycles. The first-order chi connectivity index (χ1) is 8.49. The Morgan fingerprint density at radius 1 is 0.833 bits per heavy atom. The third kappa shape index (κ3) is 5.13. The summed E-state index contributed by atoms with van der Waals surface area (Å²) < 4.78 is 0. The summed E-state index contributed by atoms with van der Waals surface area (Å²) in [4.78, 5) is 4.18. The number of hydrogen-bond donors (Lipinski definition) is 0. The van der Waals surface area contributed by atoms with E-state index in [1.807, 2.05) is 19.2 Å². The summed E-state index contributed by atoms with van der Waals surface area (Å²) in [6.07, 6.45) is 1.85. The zero-order valence-corrected chi connectivity index (χ0v) is 12.1. The van der Waals surface area contributed by atoms with Crippen molar-refractivity contribution in [2.45, 2.75) is 34.6 Å². The van der Waals surface area contributed by atoms with Crippen LogP contribution in [0.2, 0.25) is 0 Å². The zero-order valence-electron chi connectivity index (χ0n) is 12.1. The smallest absolute Gasteiger partial charge is 0.0378 e. The summed E-state index contributed by atoms with van der Waals surface area (Å²) in [7, 11) is 0. The van der Waals surface area contributed by atoms with Gasteiger partial charge in [-0.2, -0.15) is 0 Å². The standard InChI is InChI=1S/C13H13N.C4H10/c1-10-3-5-12(6-4-10)13-7-8-14-11(2)9-13;1-4(2)3/h3-9H,1-2H3;4H,1-3H3. The lowest BCUT2D eigenvalue weighted by Crippen LogP contribution is -1.82. The summed E-state index contributed by atoms with van der Waals surface area (Å²) in [6, 6.07) is 12.7. The molecule has 0 amide bonds. The Hall–Kier alpha value is -1.63. The average Bonchev–Trinajstić information content (AvgIpc) is 2.29. The first kappa shape index (κ1) is 14.4. The molecule has 0 saturated carbocycles. The normalized spacial score (nSPS) is 9.89. The van der Waals surface area contributed by atoms with Crippen LogP contribution in [0.25, 0.3) is 11.1 Å². The Morgan fingerprint density at radius 2 is 1.39 bits per heavy atom. The Kier molecular flexibility index (Phi) is 5.57. The van der Waals surface area contributed by atoms with E-state index in [0.717, 1.165) is 11.6 Å².